The van der Waals surface area contributed by atoms with Gasteiger partial charge in [0.1, 0.15) is 17.3 Å². The van der Waals surface area contributed by atoms with Crippen LogP contribution in [0.3, 0.4) is 0 Å². The normalized spacial score (nSPS) is 20.9. The van der Waals surface area contributed by atoms with Crippen molar-refractivity contribution >= 4 is 5.69 Å². The van der Waals surface area contributed by atoms with Gasteiger partial charge in [-0.1, -0.05) is 0 Å². The van der Waals surface area contributed by atoms with Gasteiger partial charge in [-0.3, -0.25) is 0 Å². The molecule has 1 unspecified atom stereocenters. The van der Waals surface area contributed by atoms with E-state index in [1.807, 2.05) is 18.9 Å². The van der Waals surface area contributed by atoms with Crippen molar-refractivity contribution in [2.45, 2.75) is 19.5 Å². The second-order valence-electron chi connectivity index (χ2n) is 5.24. The van der Waals surface area contributed by atoms with Crippen LogP contribution in [0.25, 0.3) is 0 Å². The van der Waals surface area contributed by atoms with Crippen LogP contribution in [0.5, 0.6) is 0 Å². The van der Waals surface area contributed by atoms with Crippen molar-refractivity contribution in [2.24, 2.45) is 0 Å². The first-order chi connectivity index (χ1) is 9.02. The summed E-state index contributed by atoms with van der Waals surface area (Å²) in [5.74, 6) is -0.941. The molecule has 0 bridgehead atoms. The van der Waals surface area contributed by atoms with E-state index in [0.29, 0.717) is 18.7 Å². The van der Waals surface area contributed by atoms with E-state index in [-0.39, 0.29) is 11.7 Å². The second-order valence-corrected chi connectivity index (χ2v) is 5.24. The molecule has 1 N–H and O–H groups in total. The summed E-state index contributed by atoms with van der Waals surface area (Å²) in [6.45, 7) is 4.75. The highest BCUT2D eigenvalue weighted by molar-refractivity contribution is 5.52. The van der Waals surface area contributed by atoms with Crippen LogP contribution in [-0.2, 0) is 6.54 Å². The Labute approximate surface area is 113 Å². The minimum absolute atomic E-state index is 0.109. The Morgan fingerprint density at radius 1 is 1.26 bits per heavy atom. The molecule has 3 nitrogen and oxygen atoms in total. The molecule has 1 aliphatic rings. The number of benzene rings is 1. The third kappa shape index (κ3) is 3.04. The smallest absolute Gasteiger partial charge is 0.149 e. The molecule has 1 aromatic carbocycles. The number of rotatable bonds is 3. The monoisotopic (exact) mass is 269 g/mol. The van der Waals surface area contributed by atoms with Crippen molar-refractivity contribution in [1.29, 1.82) is 0 Å². The molecule has 0 radical (unpaired) electrons. The maximum absolute atomic E-state index is 14.2. The average molecular weight is 269 g/mol. The zero-order valence-corrected chi connectivity index (χ0v) is 11.7. The highest BCUT2D eigenvalue weighted by Gasteiger charge is 2.26. The molecule has 1 heterocycles. The third-order valence-corrected chi connectivity index (χ3v) is 3.58. The molecule has 1 aromatic rings. The Bertz CT molecular complexity index is 427. The van der Waals surface area contributed by atoms with Gasteiger partial charge in [0.15, 0.2) is 0 Å². The molecule has 0 spiro atoms. The molecule has 2 rings (SSSR count). The summed E-state index contributed by atoms with van der Waals surface area (Å²) in [6.07, 6.45) is 0. The van der Waals surface area contributed by atoms with Gasteiger partial charge >= 0.3 is 0 Å². The van der Waals surface area contributed by atoms with Gasteiger partial charge < -0.3 is 15.1 Å². The average Bonchev–Trinajstić information content (AvgIpc) is 2.31. The Kier molecular flexibility index (Phi) is 4.37. The number of anilines is 1. The first kappa shape index (κ1) is 14.2. The number of likely N-dealkylation sites (N-methyl/N-ethyl adjacent to an activating group) is 1. The molecular weight excluding hydrogens is 248 g/mol. The van der Waals surface area contributed by atoms with Gasteiger partial charge in [0.2, 0.25) is 0 Å². The number of piperazine rings is 1. The van der Waals surface area contributed by atoms with E-state index in [1.54, 1.807) is 7.05 Å². The van der Waals surface area contributed by atoms with Crippen LogP contribution < -0.4 is 10.2 Å². The molecule has 1 fully saturated rings. The van der Waals surface area contributed by atoms with Crippen molar-refractivity contribution in [3.8, 4) is 0 Å². The number of nitrogens with one attached hydrogen (secondary N) is 1. The summed E-state index contributed by atoms with van der Waals surface area (Å²) in [5.41, 5.74) is 0.739. The van der Waals surface area contributed by atoms with Crippen LogP contribution in [0, 0.1) is 11.6 Å². The minimum Gasteiger partial charge on any atom is -0.362 e. The first-order valence-corrected chi connectivity index (χ1v) is 6.60. The fourth-order valence-electron chi connectivity index (χ4n) is 2.67. The topological polar surface area (TPSA) is 18.5 Å². The number of hydrogen-bond acceptors (Lipinski definition) is 3. The number of halogens is 2. The van der Waals surface area contributed by atoms with E-state index in [9.17, 15) is 8.78 Å². The number of hydrogen-bond donors (Lipinski definition) is 1. The molecule has 1 atom stereocenters. The third-order valence-electron chi connectivity index (χ3n) is 3.58. The molecule has 0 amide bonds. The van der Waals surface area contributed by atoms with Gasteiger partial charge in [-0.25, -0.2) is 8.78 Å². The minimum atomic E-state index is -0.471. The standard InChI is InChI=1S/C14H21F2N3/c1-10-9-18(3)4-5-19(10)14-12(15)6-11(8-17-2)7-13(14)16/h6-7,10,17H,4-5,8-9H2,1-3H3. The van der Waals surface area contributed by atoms with Crippen molar-refractivity contribution in [2.75, 3.05) is 38.6 Å². The molecule has 0 aromatic heterocycles. The van der Waals surface area contributed by atoms with Crippen LogP contribution in [0.2, 0.25) is 0 Å². The van der Waals surface area contributed by atoms with Gasteiger partial charge in [-0.2, -0.15) is 0 Å². The summed E-state index contributed by atoms with van der Waals surface area (Å²) < 4.78 is 28.3. The lowest BCUT2D eigenvalue weighted by Crippen LogP contribution is -2.51. The Morgan fingerprint density at radius 2 is 1.89 bits per heavy atom. The van der Waals surface area contributed by atoms with Gasteiger partial charge in [0, 0.05) is 32.2 Å². The fraction of sp³-hybridized carbons (Fsp3) is 0.571. The van der Waals surface area contributed by atoms with Gasteiger partial charge in [0.25, 0.3) is 0 Å². The predicted octanol–water partition coefficient (Wildman–Crippen LogP) is 1.82. The van der Waals surface area contributed by atoms with E-state index in [1.165, 1.54) is 12.1 Å². The molecule has 1 aliphatic heterocycles. The number of nitrogens with zero attached hydrogens (tertiary/aromatic N) is 2. The van der Waals surface area contributed by atoms with E-state index in [2.05, 4.69) is 10.2 Å². The lowest BCUT2D eigenvalue weighted by atomic mass is 10.1. The van der Waals surface area contributed by atoms with E-state index < -0.39 is 11.6 Å². The highest BCUT2D eigenvalue weighted by atomic mass is 19.1. The van der Waals surface area contributed by atoms with E-state index >= 15 is 0 Å². The summed E-state index contributed by atoms with van der Waals surface area (Å²) >= 11 is 0. The van der Waals surface area contributed by atoms with Gasteiger partial charge in [-0.05, 0) is 38.7 Å². The summed E-state index contributed by atoms with van der Waals surface area (Å²) in [7, 11) is 3.78. The largest absolute Gasteiger partial charge is 0.362 e. The van der Waals surface area contributed by atoms with Crippen LogP contribution in [-0.4, -0.2) is 44.7 Å². The quantitative estimate of drug-likeness (QED) is 0.903. The summed E-state index contributed by atoms with van der Waals surface area (Å²) in [4.78, 5) is 4.00. The molecule has 0 aliphatic carbocycles. The van der Waals surface area contributed by atoms with Crippen LogP contribution >= 0.6 is 0 Å². The Hall–Kier alpha value is -1.20. The molecule has 1 saturated heterocycles. The Balaban J connectivity index is 2.29. The van der Waals surface area contributed by atoms with Crippen molar-refractivity contribution in [1.82, 2.24) is 10.2 Å². The SMILES string of the molecule is CNCc1cc(F)c(N2CCN(C)CC2C)c(F)c1. The molecule has 0 saturated carbocycles. The maximum Gasteiger partial charge on any atom is 0.149 e. The van der Waals surface area contributed by atoms with Crippen molar-refractivity contribution < 1.29 is 8.78 Å². The molecule has 5 heteroatoms. The van der Waals surface area contributed by atoms with Gasteiger partial charge in [-0.15, -0.1) is 0 Å². The molecule has 19 heavy (non-hydrogen) atoms. The fourth-order valence-corrected chi connectivity index (χ4v) is 2.67. The van der Waals surface area contributed by atoms with Crippen LogP contribution in [0.15, 0.2) is 12.1 Å². The first-order valence-electron chi connectivity index (χ1n) is 6.60. The van der Waals surface area contributed by atoms with Gasteiger partial charge in [0.05, 0.1) is 0 Å². The van der Waals surface area contributed by atoms with E-state index in [0.717, 1.165) is 13.1 Å². The zero-order valence-electron chi connectivity index (χ0n) is 11.7. The highest BCUT2D eigenvalue weighted by Crippen LogP contribution is 2.28. The lowest BCUT2D eigenvalue weighted by molar-refractivity contribution is 0.273. The molecular formula is C14H21F2N3. The molecule has 106 valence electrons. The van der Waals surface area contributed by atoms with Crippen molar-refractivity contribution in [3.63, 3.8) is 0 Å². The summed E-state index contributed by atoms with van der Waals surface area (Å²) in [5, 5.41) is 2.90. The zero-order chi connectivity index (χ0) is 14.0. The van der Waals surface area contributed by atoms with Crippen molar-refractivity contribution in [3.05, 3.63) is 29.3 Å². The lowest BCUT2D eigenvalue weighted by Gasteiger charge is -2.40. The van der Waals surface area contributed by atoms with Crippen LogP contribution in [0.4, 0.5) is 14.5 Å². The maximum atomic E-state index is 14.2. The summed E-state index contributed by atoms with van der Waals surface area (Å²) in [6, 6.07) is 2.94. The van der Waals surface area contributed by atoms with Crippen LogP contribution in [0.1, 0.15) is 12.5 Å². The second kappa shape index (κ2) is 5.84. The van der Waals surface area contributed by atoms with E-state index in [4.69, 9.17) is 0 Å². The predicted molar refractivity (Wildman–Crippen MR) is 73.4 cm³/mol. The Morgan fingerprint density at radius 3 is 2.42 bits per heavy atom.